The van der Waals surface area contributed by atoms with Crippen LogP contribution in [0.4, 0.5) is 4.79 Å². The predicted molar refractivity (Wildman–Crippen MR) is 182 cm³/mol. The molecule has 0 saturated carbocycles. The van der Waals surface area contributed by atoms with Crippen LogP contribution in [0.3, 0.4) is 0 Å². The Labute approximate surface area is 281 Å². The summed E-state index contributed by atoms with van der Waals surface area (Å²) in [4.78, 5) is 68.5. The van der Waals surface area contributed by atoms with Gasteiger partial charge in [0.05, 0.1) is 6.04 Å². The number of nitrogens with zero attached hydrogens (tertiary/aromatic N) is 2. The van der Waals surface area contributed by atoms with E-state index < -0.39 is 69.3 Å². The highest BCUT2D eigenvalue weighted by atomic mass is 32.2. The number of hydrogen-bond acceptors (Lipinski definition) is 7. The lowest BCUT2D eigenvalue weighted by atomic mass is 9.84. The van der Waals surface area contributed by atoms with Gasteiger partial charge in [-0.3, -0.25) is 19.2 Å². The van der Waals surface area contributed by atoms with E-state index in [0.29, 0.717) is 12.8 Å². The first kappa shape index (κ1) is 42.0. The fourth-order valence-electron chi connectivity index (χ4n) is 5.38. The maximum Gasteiger partial charge on any atom is 0.315 e. The van der Waals surface area contributed by atoms with E-state index in [2.05, 4.69) is 32.6 Å². The highest BCUT2D eigenvalue weighted by Crippen LogP contribution is 2.33. The normalized spacial score (nSPS) is 18.9. The third kappa shape index (κ3) is 12.5. The lowest BCUT2D eigenvalue weighted by Crippen LogP contribution is -2.62. The molecular weight excluding hydrogens is 626 g/mol. The van der Waals surface area contributed by atoms with Crippen LogP contribution in [0, 0.1) is 23.2 Å². The molecule has 0 spiro atoms. The van der Waals surface area contributed by atoms with Crippen molar-refractivity contribution in [1.82, 2.24) is 35.2 Å². The van der Waals surface area contributed by atoms with Gasteiger partial charge in [0.2, 0.25) is 17.6 Å². The smallest absolute Gasteiger partial charge is 0.315 e. The Bertz CT molecular complexity index is 1210. The molecule has 0 aromatic carbocycles. The molecule has 1 aliphatic heterocycles. The van der Waals surface area contributed by atoms with Gasteiger partial charge in [-0.2, -0.15) is 12.7 Å². The van der Waals surface area contributed by atoms with Gasteiger partial charge in [0.25, 0.3) is 16.1 Å². The van der Waals surface area contributed by atoms with E-state index in [0.717, 1.165) is 10.7 Å². The number of likely N-dealkylation sites (tertiary alicyclic amines) is 1. The van der Waals surface area contributed by atoms with Crippen molar-refractivity contribution in [2.24, 2.45) is 23.2 Å². The maximum absolute atomic E-state index is 14.2. The number of carbonyl (C=O) groups excluding carboxylic acids is 5. The molecule has 1 unspecified atom stereocenters. The van der Waals surface area contributed by atoms with Gasteiger partial charge in [0.15, 0.2) is 0 Å². The second kappa shape index (κ2) is 18.5. The molecule has 1 rings (SSSR count). The number of rotatable bonds is 18. The van der Waals surface area contributed by atoms with Crippen molar-refractivity contribution < 1.29 is 32.4 Å². The average molecular weight is 686 g/mol. The van der Waals surface area contributed by atoms with Gasteiger partial charge in [-0.25, -0.2) is 9.52 Å². The Morgan fingerprint density at radius 3 is 2.13 bits per heavy atom. The van der Waals surface area contributed by atoms with E-state index in [1.165, 1.54) is 25.1 Å². The Kier molecular flexibility index (Phi) is 16.5. The topological polar surface area (TPSA) is 186 Å². The summed E-state index contributed by atoms with van der Waals surface area (Å²) in [6, 6.07) is -4.26. The van der Waals surface area contributed by atoms with E-state index >= 15 is 0 Å². The van der Waals surface area contributed by atoms with E-state index in [1.807, 2.05) is 34.6 Å². The van der Waals surface area contributed by atoms with Crippen LogP contribution >= 0.6 is 0 Å². The largest absolute Gasteiger partial charge is 0.346 e. The summed E-state index contributed by atoms with van der Waals surface area (Å²) in [5.41, 5.74) is -0.770. The molecule has 5 amide bonds. The predicted octanol–water partition coefficient (Wildman–Crippen LogP) is 1.54. The molecule has 47 heavy (non-hydrogen) atoms. The monoisotopic (exact) mass is 685 g/mol. The van der Waals surface area contributed by atoms with Crippen molar-refractivity contribution in [1.29, 1.82) is 0 Å². The third-order valence-corrected chi connectivity index (χ3v) is 9.93. The van der Waals surface area contributed by atoms with Gasteiger partial charge >= 0.3 is 6.03 Å². The third-order valence-electron chi connectivity index (χ3n) is 8.44. The fourth-order valence-corrected chi connectivity index (χ4v) is 6.02. The highest BCUT2D eigenvalue weighted by Gasteiger charge is 2.47. The summed E-state index contributed by atoms with van der Waals surface area (Å²) >= 11 is 0. The Morgan fingerprint density at radius 2 is 1.64 bits per heavy atom. The second-order valence-electron chi connectivity index (χ2n) is 14.1. The van der Waals surface area contributed by atoms with Gasteiger partial charge in [0, 0.05) is 39.8 Å². The summed E-state index contributed by atoms with van der Waals surface area (Å²) in [7, 11) is -0.932. The zero-order valence-corrected chi connectivity index (χ0v) is 30.8. The molecule has 270 valence electrons. The molecule has 1 heterocycles. The lowest BCUT2D eigenvalue weighted by molar-refractivity contribution is -0.144. The molecule has 0 radical (unpaired) electrons. The number of amides is 5. The van der Waals surface area contributed by atoms with Crippen molar-refractivity contribution in [3.05, 3.63) is 12.7 Å². The van der Waals surface area contributed by atoms with Crippen LogP contribution in [0.2, 0.25) is 0 Å². The zero-order valence-electron chi connectivity index (χ0n) is 29.9. The number of hydrogen-bond donors (Lipinski definition) is 5. The second-order valence-corrected chi connectivity index (χ2v) is 16.1. The first-order valence-electron chi connectivity index (χ1n) is 16.5. The van der Waals surface area contributed by atoms with Crippen LogP contribution in [-0.2, 0) is 29.4 Å². The van der Waals surface area contributed by atoms with Crippen LogP contribution in [0.25, 0.3) is 0 Å². The number of Topliss-reactive ketones (excluding diaryl/α,β-unsaturated/α-hetero) is 1. The number of ketones is 1. The van der Waals surface area contributed by atoms with E-state index in [-0.39, 0.29) is 43.8 Å². The minimum atomic E-state index is -3.72. The lowest BCUT2D eigenvalue weighted by Gasteiger charge is -2.37. The zero-order chi connectivity index (χ0) is 36.3. The van der Waals surface area contributed by atoms with E-state index in [1.54, 1.807) is 20.8 Å². The van der Waals surface area contributed by atoms with Gasteiger partial charge in [-0.05, 0) is 36.0 Å². The number of unbranched alkanes of at least 4 members (excludes halogenated alkanes) is 1. The SMILES string of the molecule is C=CCNC(=O)C(=O)C(CCCC)NC(=O)[C@@H]1[C@@H](C(C)C)CCN1C(=O)[C@@H](NC(=O)N[C@H](CNS(=O)(=O)N(C)C)C(C)C)C(C)(C)C. The number of nitrogens with one attached hydrogen (secondary N) is 5. The van der Waals surface area contributed by atoms with Gasteiger partial charge < -0.3 is 26.2 Å². The molecule has 1 fully saturated rings. The summed E-state index contributed by atoms with van der Waals surface area (Å²) in [6.07, 6.45) is 3.61. The van der Waals surface area contributed by atoms with Crippen molar-refractivity contribution >= 4 is 39.7 Å². The molecule has 1 saturated heterocycles. The molecular formula is C32H59N7O7S. The Morgan fingerprint density at radius 1 is 1.02 bits per heavy atom. The molecule has 14 nitrogen and oxygen atoms in total. The highest BCUT2D eigenvalue weighted by molar-refractivity contribution is 7.87. The van der Waals surface area contributed by atoms with Crippen molar-refractivity contribution in [2.75, 3.05) is 33.7 Å². The van der Waals surface area contributed by atoms with Crippen LogP contribution in [-0.4, -0.2) is 105 Å². The van der Waals surface area contributed by atoms with Crippen molar-refractivity contribution in [3.63, 3.8) is 0 Å². The Hall–Kier alpha value is -3.04. The van der Waals surface area contributed by atoms with Gasteiger partial charge in [-0.15, -0.1) is 6.58 Å². The fraction of sp³-hybridized carbons (Fsp3) is 0.781. The molecule has 0 bridgehead atoms. The molecule has 1 aliphatic rings. The van der Waals surface area contributed by atoms with Crippen LogP contribution in [0.5, 0.6) is 0 Å². The molecule has 0 aliphatic carbocycles. The average Bonchev–Trinajstić information content (AvgIpc) is 3.43. The summed E-state index contributed by atoms with van der Waals surface area (Å²) in [6.45, 7) is 18.8. The minimum absolute atomic E-state index is 0.0197. The summed E-state index contributed by atoms with van der Waals surface area (Å²) in [5, 5.41) is 10.8. The maximum atomic E-state index is 14.2. The van der Waals surface area contributed by atoms with Crippen LogP contribution in [0.1, 0.15) is 81.1 Å². The number of carbonyl (C=O) groups is 5. The van der Waals surface area contributed by atoms with Crippen LogP contribution < -0.4 is 26.0 Å². The first-order valence-corrected chi connectivity index (χ1v) is 17.9. The molecule has 0 aromatic rings. The summed E-state index contributed by atoms with van der Waals surface area (Å²) in [5.74, 6) is -2.90. The molecule has 15 heteroatoms. The minimum Gasteiger partial charge on any atom is -0.346 e. The number of urea groups is 1. The molecule has 0 aromatic heterocycles. The van der Waals surface area contributed by atoms with Crippen LogP contribution in [0.15, 0.2) is 12.7 Å². The first-order chi connectivity index (χ1) is 21.7. The molecule has 5 N–H and O–H groups in total. The quantitative estimate of drug-likeness (QED) is 0.107. The molecule has 5 atom stereocenters. The van der Waals surface area contributed by atoms with Gasteiger partial charge in [0.1, 0.15) is 12.1 Å². The summed E-state index contributed by atoms with van der Waals surface area (Å²) < 4.78 is 28.0. The van der Waals surface area contributed by atoms with E-state index in [4.69, 9.17) is 0 Å². The van der Waals surface area contributed by atoms with E-state index in [9.17, 15) is 32.4 Å². The van der Waals surface area contributed by atoms with Crippen molar-refractivity contribution in [3.8, 4) is 0 Å². The standard InChI is InChI=1S/C32H59N7O7S/c1-12-14-15-23(26(40)29(42)33-17-13-2)35-28(41)25-22(20(3)4)16-18-39(25)30(43)27(32(7,8)9)37-31(44)36-24(21(5)6)19-34-47(45,46)38(10)11/h13,20-25,27,34H,2,12,14-19H2,1,3-11H3,(H,33,42)(H,35,41)(H2,36,37,44)/t22-,23?,24-,25+,27-/m1/s1. The Balaban J connectivity index is 3.29. The van der Waals surface area contributed by atoms with Crippen molar-refractivity contribution in [2.45, 2.75) is 105 Å². The van der Waals surface area contributed by atoms with Gasteiger partial charge in [-0.1, -0.05) is 74.3 Å².